The van der Waals surface area contributed by atoms with E-state index in [0.29, 0.717) is 23.1 Å². The summed E-state index contributed by atoms with van der Waals surface area (Å²) in [5.74, 6) is 0.393. The molecule has 9 heteroatoms. The Morgan fingerprint density at radius 2 is 2.17 bits per heavy atom. The van der Waals surface area contributed by atoms with Gasteiger partial charge in [-0.1, -0.05) is 17.8 Å². The number of ether oxygens (including phenoxy) is 1. The summed E-state index contributed by atoms with van der Waals surface area (Å²) in [5.41, 5.74) is 0.0632. The lowest BCUT2D eigenvalue weighted by molar-refractivity contribution is 0.340. The Labute approximate surface area is 137 Å². The van der Waals surface area contributed by atoms with E-state index in [0.717, 1.165) is 0 Å². The number of H-pyrrole nitrogens is 1. The fraction of sp³-hybridized carbons (Fsp3) is 0.214. The molecule has 2 aromatic rings. The number of thioether (sulfide) groups is 1. The fourth-order valence-corrected chi connectivity index (χ4v) is 2.40. The largest absolute Gasteiger partial charge is 0.494 e. The summed E-state index contributed by atoms with van der Waals surface area (Å²) in [4.78, 5) is 18.8. The molecule has 0 saturated heterocycles. The Hall–Kier alpha value is -2.28. The van der Waals surface area contributed by atoms with Gasteiger partial charge in [0.2, 0.25) is 0 Å². The molecule has 2 rings (SSSR count). The number of nitriles is 1. The SMILES string of the molecule is CCOc1cc(B(O)O)cc(-c2nc(SC)[nH]c(=O)c2C#N)c1. The lowest BCUT2D eigenvalue weighted by Gasteiger charge is -2.11. The molecule has 0 aliphatic heterocycles. The summed E-state index contributed by atoms with van der Waals surface area (Å²) < 4.78 is 5.40. The maximum absolute atomic E-state index is 12.0. The molecule has 0 saturated carbocycles. The van der Waals surface area contributed by atoms with Gasteiger partial charge in [0.25, 0.3) is 5.56 Å². The summed E-state index contributed by atoms with van der Waals surface area (Å²) in [5, 5.41) is 28.4. The quantitative estimate of drug-likeness (QED) is 0.404. The van der Waals surface area contributed by atoms with Gasteiger partial charge in [-0.3, -0.25) is 4.79 Å². The van der Waals surface area contributed by atoms with Crippen LogP contribution in [0.4, 0.5) is 0 Å². The van der Waals surface area contributed by atoms with Crippen LogP contribution >= 0.6 is 11.8 Å². The van der Waals surface area contributed by atoms with E-state index in [9.17, 15) is 20.1 Å². The maximum Gasteiger partial charge on any atom is 0.488 e. The highest BCUT2D eigenvalue weighted by molar-refractivity contribution is 7.98. The van der Waals surface area contributed by atoms with E-state index >= 15 is 0 Å². The highest BCUT2D eigenvalue weighted by Gasteiger charge is 2.18. The van der Waals surface area contributed by atoms with Crippen molar-refractivity contribution in [1.29, 1.82) is 5.26 Å². The van der Waals surface area contributed by atoms with Crippen molar-refractivity contribution in [3.63, 3.8) is 0 Å². The van der Waals surface area contributed by atoms with Crippen LogP contribution in [0.2, 0.25) is 0 Å². The van der Waals surface area contributed by atoms with Crippen LogP contribution in [0.15, 0.2) is 28.2 Å². The van der Waals surface area contributed by atoms with E-state index in [1.54, 1.807) is 19.2 Å². The predicted octanol–water partition coefficient (Wildman–Crippen LogP) is 0.109. The zero-order valence-electron chi connectivity index (χ0n) is 12.5. The smallest absolute Gasteiger partial charge is 0.488 e. The number of aromatic amines is 1. The third-order valence-corrected chi connectivity index (χ3v) is 3.59. The molecule has 3 N–H and O–H groups in total. The first-order valence-corrected chi connectivity index (χ1v) is 7.95. The summed E-state index contributed by atoms with van der Waals surface area (Å²) in [6.07, 6.45) is 1.74. The molecule has 0 fully saturated rings. The van der Waals surface area contributed by atoms with Crippen LogP contribution in [0.3, 0.4) is 0 Å². The molecular formula is C14H14BN3O4S. The van der Waals surface area contributed by atoms with Crippen LogP contribution in [0.1, 0.15) is 12.5 Å². The van der Waals surface area contributed by atoms with Gasteiger partial charge in [0.05, 0.1) is 12.3 Å². The summed E-state index contributed by atoms with van der Waals surface area (Å²) >= 11 is 1.23. The van der Waals surface area contributed by atoms with Crippen molar-refractivity contribution in [2.75, 3.05) is 12.9 Å². The van der Waals surface area contributed by atoms with Crippen molar-refractivity contribution in [2.45, 2.75) is 12.1 Å². The van der Waals surface area contributed by atoms with Crippen molar-refractivity contribution in [3.05, 3.63) is 34.1 Å². The third kappa shape index (κ3) is 3.74. The van der Waals surface area contributed by atoms with Crippen LogP contribution in [0, 0.1) is 11.3 Å². The van der Waals surface area contributed by atoms with Crippen LogP contribution < -0.4 is 15.8 Å². The van der Waals surface area contributed by atoms with Crippen LogP contribution in [0.5, 0.6) is 5.75 Å². The molecule has 0 aliphatic rings. The minimum absolute atomic E-state index is 0.144. The van der Waals surface area contributed by atoms with Gasteiger partial charge in [0.1, 0.15) is 17.4 Å². The highest BCUT2D eigenvalue weighted by atomic mass is 32.2. The molecule has 0 amide bonds. The van der Waals surface area contributed by atoms with Gasteiger partial charge in [0.15, 0.2) is 5.16 Å². The van der Waals surface area contributed by atoms with Gasteiger partial charge >= 0.3 is 7.12 Å². The molecule has 1 aromatic heterocycles. The van der Waals surface area contributed by atoms with Crippen LogP contribution in [-0.2, 0) is 0 Å². The van der Waals surface area contributed by atoms with Crippen molar-refractivity contribution in [2.24, 2.45) is 0 Å². The van der Waals surface area contributed by atoms with E-state index < -0.39 is 12.7 Å². The predicted molar refractivity (Wildman–Crippen MR) is 87.8 cm³/mol. The van der Waals surface area contributed by atoms with Crippen molar-refractivity contribution in [3.8, 4) is 23.1 Å². The minimum atomic E-state index is -1.71. The monoisotopic (exact) mass is 331 g/mol. The average Bonchev–Trinajstić information content (AvgIpc) is 2.54. The molecule has 0 bridgehead atoms. The van der Waals surface area contributed by atoms with Crippen molar-refractivity contribution < 1.29 is 14.8 Å². The zero-order valence-corrected chi connectivity index (χ0v) is 13.3. The molecule has 7 nitrogen and oxygen atoms in total. The second-order valence-corrected chi connectivity index (χ2v) is 5.30. The molecule has 0 radical (unpaired) electrons. The Bertz CT molecular complexity index is 817. The average molecular weight is 331 g/mol. The number of rotatable bonds is 5. The van der Waals surface area contributed by atoms with E-state index in [1.165, 1.54) is 23.9 Å². The molecule has 1 heterocycles. The number of aromatic nitrogens is 2. The second-order valence-electron chi connectivity index (χ2n) is 4.51. The van der Waals surface area contributed by atoms with Crippen molar-refractivity contribution in [1.82, 2.24) is 9.97 Å². The van der Waals surface area contributed by atoms with E-state index in [-0.39, 0.29) is 16.7 Å². The molecule has 0 spiro atoms. The standard InChI is InChI=1S/C14H14BN3O4S/c1-3-22-10-5-8(4-9(6-10)15(20)21)12-11(7-16)13(19)18-14(17-12)23-2/h4-6,20-21H,3H2,1-2H3,(H,17,18,19). The van der Waals surface area contributed by atoms with E-state index in [4.69, 9.17) is 4.74 Å². The van der Waals surface area contributed by atoms with E-state index in [2.05, 4.69) is 9.97 Å². The molecule has 1 aromatic carbocycles. The number of benzene rings is 1. The van der Waals surface area contributed by atoms with Crippen LogP contribution in [0.25, 0.3) is 11.3 Å². The first kappa shape index (κ1) is 17.1. The van der Waals surface area contributed by atoms with Gasteiger partial charge in [-0.25, -0.2) is 4.98 Å². The molecule has 0 unspecified atom stereocenters. The van der Waals surface area contributed by atoms with Gasteiger partial charge < -0.3 is 19.8 Å². The number of hydrogen-bond acceptors (Lipinski definition) is 7. The highest BCUT2D eigenvalue weighted by Crippen LogP contribution is 2.24. The van der Waals surface area contributed by atoms with Crippen LogP contribution in [-0.4, -0.2) is 40.0 Å². The number of hydrogen-bond donors (Lipinski definition) is 3. The number of nitrogens with zero attached hydrogens (tertiary/aromatic N) is 2. The molecule has 118 valence electrons. The normalized spacial score (nSPS) is 10.2. The summed E-state index contributed by atoms with van der Waals surface area (Å²) in [6.45, 7) is 2.17. The number of nitrogens with one attached hydrogen (secondary N) is 1. The van der Waals surface area contributed by atoms with Gasteiger partial charge in [-0.15, -0.1) is 0 Å². The zero-order chi connectivity index (χ0) is 17.0. The molecule has 0 atom stereocenters. The molecule has 0 aliphatic carbocycles. The minimum Gasteiger partial charge on any atom is -0.494 e. The first-order valence-electron chi connectivity index (χ1n) is 6.72. The Morgan fingerprint density at radius 1 is 1.43 bits per heavy atom. The van der Waals surface area contributed by atoms with Gasteiger partial charge in [-0.2, -0.15) is 5.26 Å². The Balaban J connectivity index is 2.72. The molecular weight excluding hydrogens is 317 g/mol. The first-order chi connectivity index (χ1) is 11.0. The van der Waals surface area contributed by atoms with Gasteiger partial charge in [-0.05, 0) is 30.8 Å². The Morgan fingerprint density at radius 3 is 2.74 bits per heavy atom. The lowest BCUT2D eigenvalue weighted by Crippen LogP contribution is -2.30. The topological polar surface area (TPSA) is 119 Å². The van der Waals surface area contributed by atoms with E-state index in [1.807, 2.05) is 6.07 Å². The second kappa shape index (κ2) is 7.33. The maximum atomic E-state index is 12.0. The third-order valence-electron chi connectivity index (χ3n) is 3.01. The Kier molecular flexibility index (Phi) is 5.44. The van der Waals surface area contributed by atoms with Gasteiger partial charge in [0, 0.05) is 5.56 Å². The lowest BCUT2D eigenvalue weighted by atomic mass is 9.79. The fourth-order valence-electron chi connectivity index (χ4n) is 2.02. The molecule has 23 heavy (non-hydrogen) atoms. The summed E-state index contributed by atoms with van der Waals surface area (Å²) in [6, 6.07) is 6.37. The van der Waals surface area contributed by atoms with Crippen molar-refractivity contribution >= 4 is 24.3 Å². The summed E-state index contributed by atoms with van der Waals surface area (Å²) in [7, 11) is -1.71.